The van der Waals surface area contributed by atoms with Crippen LogP contribution in [0.2, 0.25) is 5.02 Å². The summed E-state index contributed by atoms with van der Waals surface area (Å²) in [6, 6.07) is 11.0. The lowest BCUT2D eigenvalue weighted by Crippen LogP contribution is -2.39. The van der Waals surface area contributed by atoms with Crippen molar-refractivity contribution in [2.75, 3.05) is 4.31 Å². The number of aromatic hydroxyl groups is 1. The van der Waals surface area contributed by atoms with Gasteiger partial charge in [0.15, 0.2) is 0 Å². The Hall–Kier alpha value is -2.51. The first kappa shape index (κ1) is 17.9. The van der Waals surface area contributed by atoms with E-state index < -0.39 is 21.9 Å². The third-order valence-electron chi connectivity index (χ3n) is 4.70. The lowest BCUT2D eigenvalue weighted by molar-refractivity contribution is 0.475. The maximum Gasteiger partial charge on any atom is 0.265 e. The van der Waals surface area contributed by atoms with Crippen LogP contribution in [0.25, 0.3) is 5.69 Å². The predicted molar refractivity (Wildman–Crippen MR) is 102 cm³/mol. The Kier molecular flexibility index (Phi) is 4.16. The standard InChI is InChI=1S/C19H16ClFN2O3S/c1-2-15-16-4-3-9-22(16)17-7-5-12(21)10-18(17)23(15)27(25,26)13-6-8-19(24)14(20)11-13/h3-11,15,24H,2H2,1H3. The Bertz CT molecular complexity index is 1140. The van der Waals surface area contributed by atoms with Crippen molar-refractivity contribution in [2.24, 2.45) is 0 Å². The van der Waals surface area contributed by atoms with Gasteiger partial charge in [0.1, 0.15) is 11.6 Å². The summed E-state index contributed by atoms with van der Waals surface area (Å²) in [5.74, 6) is -0.732. The van der Waals surface area contributed by atoms with E-state index in [4.69, 9.17) is 11.6 Å². The molecular weight excluding hydrogens is 391 g/mol. The quantitative estimate of drug-likeness (QED) is 0.689. The summed E-state index contributed by atoms with van der Waals surface area (Å²) in [6.45, 7) is 1.87. The predicted octanol–water partition coefficient (Wildman–Crippen LogP) is 4.64. The van der Waals surface area contributed by atoms with Crippen LogP contribution < -0.4 is 4.31 Å². The van der Waals surface area contributed by atoms with E-state index in [0.717, 1.165) is 5.69 Å². The third-order valence-corrected chi connectivity index (χ3v) is 6.82. The van der Waals surface area contributed by atoms with E-state index in [0.29, 0.717) is 12.1 Å². The molecule has 3 aromatic rings. The van der Waals surface area contributed by atoms with Crippen molar-refractivity contribution in [3.8, 4) is 11.4 Å². The van der Waals surface area contributed by atoms with E-state index in [1.807, 2.05) is 29.8 Å². The average Bonchev–Trinajstić information content (AvgIpc) is 3.12. The van der Waals surface area contributed by atoms with Crippen molar-refractivity contribution < 1.29 is 17.9 Å². The van der Waals surface area contributed by atoms with E-state index in [2.05, 4.69) is 0 Å². The lowest BCUT2D eigenvalue weighted by Gasteiger charge is -2.38. The highest BCUT2D eigenvalue weighted by Crippen LogP contribution is 2.44. The fourth-order valence-electron chi connectivity index (χ4n) is 3.48. The molecule has 8 heteroatoms. The molecule has 0 spiro atoms. The van der Waals surface area contributed by atoms with Crippen LogP contribution >= 0.6 is 11.6 Å². The zero-order chi connectivity index (χ0) is 19.3. The molecule has 1 N–H and O–H groups in total. The number of benzene rings is 2. The zero-order valence-corrected chi connectivity index (χ0v) is 15.9. The van der Waals surface area contributed by atoms with Gasteiger partial charge in [0.25, 0.3) is 10.0 Å². The van der Waals surface area contributed by atoms with Crippen LogP contribution in [0.4, 0.5) is 10.1 Å². The van der Waals surface area contributed by atoms with Gasteiger partial charge in [0.05, 0.1) is 27.3 Å². The molecule has 0 radical (unpaired) electrons. The Morgan fingerprint density at radius 2 is 1.93 bits per heavy atom. The number of halogens is 2. The summed E-state index contributed by atoms with van der Waals surface area (Å²) in [7, 11) is -4.06. The molecule has 2 aromatic carbocycles. The molecule has 4 rings (SSSR count). The Morgan fingerprint density at radius 1 is 1.15 bits per heavy atom. The molecule has 1 atom stereocenters. The van der Waals surface area contributed by atoms with Gasteiger partial charge >= 0.3 is 0 Å². The second-order valence-electron chi connectivity index (χ2n) is 6.27. The van der Waals surface area contributed by atoms with Gasteiger partial charge in [0.2, 0.25) is 0 Å². The fraction of sp³-hybridized carbons (Fsp3) is 0.158. The number of aromatic nitrogens is 1. The topological polar surface area (TPSA) is 62.5 Å². The van der Waals surface area contributed by atoms with Crippen LogP contribution in [-0.2, 0) is 10.0 Å². The molecule has 1 aliphatic rings. The number of hydrogen-bond acceptors (Lipinski definition) is 3. The molecule has 140 valence electrons. The summed E-state index contributed by atoms with van der Waals surface area (Å²) in [4.78, 5) is -0.0704. The zero-order valence-electron chi connectivity index (χ0n) is 14.3. The minimum absolute atomic E-state index is 0.0658. The van der Waals surface area contributed by atoms with Crippen molar-refractivity contribution in [1.29, 1.82) is 0 Å². The normalized spacial score (nSPS) is 16.1. The summed E-state index contributed by atoms with van der Waals surface area (Å²) in [5, 5.41) is 9.56. The molecule has 0 saturated carbocycles. The summed E-state index contributed by atoms with van der Waals surface area (Å²) < 4.78 is 44.1. The highest BCUT2D eigenvalue weighted by molar-refractivity contribution is 7.92. The van der Waals surface area contributed by atoms with E-state index in [-0.39, 0.29) is 21.4 Å². The number of phenolic OH excluding ortho intramolecular Hbond substituents is 1. The highest BCUT2D eigenvalue weighted by atomic mass is 35.5. The van der Waals surface area contributed by atoms with Gasteiger partial charge in [-0.3, -0.25) is 4.31 Å². The second-order valence-corrected chi connectivity index (χ2v) is 8.50. The number of anilines is 1. The van der Waals surface area contributed by atoms with Gasteiger partial charge in [-0.1, -0.05) is 18.5 Å². The SMILES string of the molecule is CCC1c2cccn2-c2ccc(F)cc2N1S(=O)(=O)c1ccc(O)c(Cl)c1. The van der Waals surface area contributed by atoms with Crippen molar-refractivity contribution in [2.45, 2.75) is 24.3 Å². The first-order chi connectivity index (χ1) is 12.8. The van der Waals surface area contributed by atoms with E-state index >= 15 is 0 Å². The van der Waals surface area contributed by atoms with E-state index in [1.54, 1.807) is 6.07 Å². The lowest BCUT2D eigenvalue weighted by atomic mass is 10.1. The van der Waals surface area contributed by atoms with Gasteiger partial charge in [-0.05, 0) is 48.9 Å². The Morgan fingerprint density at radius 3 is 2.63 bits per heavy atom. The molecule has 1 aliphatic heterocycles. The molecule has 0 aliphatic carbocycles. The minimum Gasteiger partial charge on any atom is -0.506 e. The Balaban J connectivity index is 1.98. The first-order valence-corrected chi connectivity index (χ1v) is 10.2. The molecule has 0 bridgehead atoms. The molecule has 0 fully saturated rings. The van der Waals surface area contributed by atoms with E-state index in [9.17, 15) is 17.9 Å². The monoisotopic (exact) mass is 406 g/mol. The third kappa shape index (κ3) is 2.69. The van der Waals surface area contributed by atoms with Crippen LogP contribution in [0.3, 0.4) is 0 Å². The molecule has 0 saturated heterocycles. The second kappa shape index (κ2) is 6.28. The fourth-order valence-corrected chi connectivity index (χ4v) is 5.46. The molecular formula is C19H16ClFN2O3S. The molecule has 0 amide bonds. The number of sulfonamides is 1. The number of phenols is 1. The van der Waals surface area contributed by atoms with Crippen molar-refractivity contribution in [3.63, 3.8) is 0 Å². The van der Waals surface area contributed by atoms with Gasteiger partial charge in [0, 0.05) is 18.0 Å². The summed E-state index contributed by atoms with van der Waals surface area (Å²) in [6.07, 6.45) is 2.32. The maximum absolute atomic E-state index is 14.0. The molecule has 1 unspecified atom stereocenters. The van der Waals surface area contributed by atoms with E-state index in [1.165, 1.54) is 34.6 Å². The average molecular weight is 407 g/mol. The largest absolute Gasteiger partial charge is 0.506 e. The highest BCUT2D eigenvalue weighted by Gasteiger charge is 2.38. The summed E-state index contributed by atoms with van der Waals surface area (Å²) >= 11 is 5.92. The van der Waals surface area contributed by atoms with Crippen LogP contribution in [0.1, 0.15) is 25.1 Å². The van der Waals surface area contributed by atoms with Gasteiger partial charge in [-0.15, -0.1) is 0 Å². The minimum atomic E-state index is -4.06. The van der Waals surface area contributed by atoms with Gasteiger partial charge < -0.3 is 9.67 Å². The van der Waals surface area contributed by atoms with Crippen molar-refractivity contribution >= 4 is 27.3 Å². The number of hydrogen-bond donors (Lipinski definition) is 1. The number of rotatable bonds is 3. The molecule has 1 aromatic heterocycles. The van der Waals surface area contributed by atoms with Crippen LogP contribution in [0.15, 0.2) is 59.6 Å². The number of fused-ring (bicyclic) bond motifs is 3. The van der Waals surface area contributed by atoms with Gasteiger partial charge in [-0.25, -0.2) is 12.8 Å². The Labute approximate surface area is 161 Å². The first-order valence-electron chi connectivity index (χ1n) is 8.34. The maximum atomic E-state index is 14.0. The van der Waals surface area contributed by atoms with Crippen molar-refractivity contribution in [1.82, 2.24) is 4.57 Å². The number of nitrogens with zero attached hydrogens (tertiary/aromatic N) is 2. The van der Waals surface area contributed by atoms with Crippen LogP contribution in [-0.4, -0.2) is 18.1 Å². The summed E-state index contributed by atoms with van der Waals surface area (Å²) in [5.41, 5.74) is 1.63. The molecule has 2 heterocycles. The molecule has 27 heavy (non-hydrogen) atoms. The van der Waals surface area contributed by atoms with Gasteiger partial charge in [-0.2, -0.15) is 0 Å². The smallest absolute Gasteiger partial charge is 0.265 e. The van der Waals surface area contributed by atoms with Crippen molar-refractivity contribution in [3.05, 3.63) is 71.3 Å². The van der Waals surface area contributed by atoms with Crippen LogP contribution in [0.5, 0.6) is 5.75 Å². The molecule has 5 nitrogen and oxygen atoms in total. The van der Waals surface area contributed by atoms with Crippen LogP contribution in [0, 0.1) is 5.82 Å².